The maximum atomic E-state index is 9.88. The molecule has 47 heavy (non-hydrogen) atoms. The summed E-state index contributed by atoms with van der Waals surface area (Å²) in [5, 5.41) is 22.7. The third kappa shape index (κ3) is 12.4. The number of nitrogens with zero attached hydrogens (tertiary/aromatic N) is 1. The first kappa shape index (κ1) is 41.1. The predicted molar refractivity (Wildman–Crippen MR) is 191 cm³/mol. The van der Waals surface area contributed by atoms with Crippen LogP contribution in [0.1, 0.15) is 62.3 Å². The Hall–Kier alpha value is -2.08. The Morgan fingerprint density at radius 2 is 1.38 bits per heavy atom. The summed E-state index contributed by atoms with van der Waals surface area (Å²) in [5.74, 6) is -0.293. The van der Waals surface area contributed by atoms with Crippen LogP contribution in [0.3, 0.4) is 0 Å². The Balaban J connectivity index is 0.000000316. The smallest absolute Gasteiger partial charge is 0.190 e. The van der Waals surface area contributed by atoms with Gasteiger partial charge >= 0.3 is 0 Å². The Kier molecular flexibility index (Phi) is 17.9. The lowest BCUT2D eigenvalue weighted by atomic mass is 9.88. The molecule has 2 heterocycles. The minimum absolute atomic E-state index is 0. The summed E-state index contributed by atoms with van der Waals surface area (Å²) in [7, 11) is 4.01. The lowest BCUT2D eigenvalue weighted by Crippen LogP contribution is -2.44. The van der Waals surface area contributed by atoms with Crippen molar-refractivity contribution in [3.63, 3.8) is 0 Å². The van der Waals surface area contributed by atoms with E-state index in [4.69, 9.17) is 24.1 Å². The van der Waals surface area contributed by atoms with Crippen LogP contribution < -0.4 is 5.32 Å². The molecule has 3 aromatic rings. The Morgan fingerprint density at radius 3 is 1.89 bits per heavy atom. The van der Waals surface area contributed by atoms with Crippen LogP contribution >= 0.6 is 24.8 Å². The second-order valence-electron chi connectivity index (χ2n) is 12.6. The lowest BCUT2D eigenvalue weighted by Gasteiger charge is -2.28. The van der Waals surface area contributed by atoms with Gasteiger partial charge in [-0.15, -0.1) is 24.8 Å². The van der Waals surface area contributed by atoms with Gasteiger partial charge in [0, 0.05) is 18.6 Å². The highest BCUT2D eigenvalue weighted by Crippen LogP contribution is 2.39. The molecule has 2 aliphatic heterocycles. The molecule has 2 aliphatic rings. The molecule has 0 radical (unpaired) electrons. The largest absolute Gasteiger partial charge is 0.394 e. The number of benzene rings is 3. The Morgan fingerprint density at radius 1 is 0.851 bits per heavy atom. The molecular formula is C37H54Cl2N2O6. The molecule has 10 heteroatoms. The summed E-state index contributed by atoms with van der Waals surface area (Å²) in [6.45, 7) is 7.92. The van der Waals surface area contributed by atoms with Gasteiger partial charge < -0.3 is 39.4 Å². The molecule has 262 valence electrons. The molecule has 0 saturated carbocycles. The highest BCUT2D eigenvalue weighted by atomic mass is 35.5. The highest BCUT2D eigenvalue weighted by molar-refractivity contribution is 5.85. The van der Waals surface area contributed by atoms with Crippen LogP contribution in [0.4, 0.5) is 0 Å². The van der Waals surface area contributed by atoms with Crippen LogP contribution in [0, 0.1) is 0 Å². The predicted octanol–water partition coefficient (Wildman–Crippen LogP) is 5.96. The van der Waals surface area contributed by atoms with E-state index in [0.29, 0.717) is 18.6 Å². The first-order chi connectivity index (χ1) is 21.7. The molecule has 0 aliphatic carbocycles. The van der Waals surface area contributed by atoms with Crippen molar-refractivity contribution < 1.29 is 29.2 Å². The molecule has 2 fully saturated rings. The van der Waals surface area contributed by atoms with Crippen LogP contribution in [0.2, 0.25) is 0 Å². The average Bonchev–Trinajstić information content (AvgIpc) is 3.53. The van der Waals surface area contributed by atoms with Crippen molar-refractivity contribution in [2.45, 2.75) is 82.1 Å². The molecule has 6 unspecified atom stereocenters. The normalized spacial score (nSPS) is 22.4. The minimum Gasteiger partial charge on any atom is -0.394 e. The van der Waals surface area contributed by atoms with E-state index in [1.807, 2.05) is 27.9 Å². The number of aliphatic hydroxyl groups excluding tert-OH is 2. The number of aliphatic hydroxyl groups is 2. The Bertz CT molecular complexity index is 1200. The molecule has 2 saturated heterocycles. The van der Waals surface area contributed by atoms with Crippen molar-refractivity contribution in [1.29, 1.82) is 0 Å². The van der Waals surface area contributed by atoms with Crippen LogP contribution in [0.25, 0.3) is 0 Å². The van der Waals surface area contributed by atoms with Crippen molar-refractivity contribution in [3.8, 4) is 0 Å². The van der Waals surface area contributed by atoms with Gasteiger partial charge in [0.05, 0.1) is 6.61 Å². The molecule has 0 bridgehead atoms. The second-order valence-corrected chi connectivity index (χ2v) is 12.6. The van der Waals surface area contributed by atoms with Gasteiger partial charge in [0.1, 0.15) is 24.4 Å². The third-order valence-electron chi connectivity index (χ3n) is 8.24. The lowest BCUT2D eigenvalue weighted by molar-refractivity contribution is -0.231. The summed E-state index contributed by atoms with van der Waals surface area (Å²) >= 11 is 0. The molecule has 6 atom stereocenters. The van der Waals surface area contributed by atoms with Gasteiger partial charge in [-0.25, -0.2) is 0 Å². The van der Waals surface area contributed by atoms with E-state index in [9.17, 15) is 5.11 Å². The number of nitrogens with one attached hydrogen (secondary N) is 1. The van der Waals surface area contributed by atoms with Crippen molar-refractivity contribution >= 4 is 24.8 Å². The summed E-state index contributed by atoms with van der Waals surface area (Å²) in [5.41, 5.74) is 4.12. The standard InChI is InChI=1S/C23H25N.C14H27NO6.2ClH/c1-19(20-11-5-2-6-12-20)24-18-17-23(21-13-7-3-8-14-21)22-15-9-4-10-16-22;1-14(2)20-12-11(18-7-5-6-15(3)4)10(9(17)8-16)19-13(12)21-14;;/h2-16,19,23-24H,17-18H2,1H3;9-13,16-17H,5-8H2,1-4H3;2*1H. The fourth-order valence-electron chi connectivity index (χ4n) is 5.91. The highest BCUT2D eigenvalue weighted by Gasteiger charge is 2.56. The van der Waals surface area contributed by atoms with Crippen LogP contribution in [0.5, 0.6) is 0 Å². The van der Waals surface area contributed by atoms with Crippen LogP contribution in [-0.2, 0) is 18.9 Å². The van der Waals surface area contributed by atoms with Gasteiger partial charge in [0.15, 0.2) is 12.1 Å². The molecule has 0 amide bonds. The summed E-state index contributed by atoms with van der Waals surface area (Å²) in [4.78, 5) is 2.08. The van der Waals surface area contributed by atoms with Gasteiger partial charge in [0.25, 0.3) is 0 Å². The van der Waals surface area contributed by atoms with E-state index in [1.165, 1.54) is 16.7 Å². The molecule has 0 spiro atoms. The van der Waals surface area contributed by atoms with E-state index in [0.717, 1.165) is 25.9 Å². The molecule has 8 nitrogen and oxygen atoms in total. The van der Waals surface area contributed by atoms with Crippen molar-refractivity contribution in [3.05, 3.63) is 108 Å². The summed E-state index contributed by atoms with van der Waals surface area (Å²) in [6, 6.07) is 32.6. The fourth-order valence-corrected chi connectivity index (χ4v) is 5.91. The SMILES string of the molecule is CC(NCCC(c1ccccc1)c1ccccc1)c1ccccc1.CN(C)CCCOC1C(C(O)CO)OC2OC(C)(C)OC21.Cl.Cl. The number of hydrogen-bond acceptors (Lipinski definition) is 8. The van der Waals surface area contributed by atoms with Crippen molar-refractivity contribution in [2.24, 2.45) is 0 Å². The van der Waals surface area contributed by atoms with Gasteiger partial charge in [-0.05, 0) is 77.5 Å². The summed E-state index contributed by atoms with van der Waals surface area (Å²) < 4.78 is 23.0. The third-order valence-corrected chi connectivity index (χ3v) is 8.24. The maximum Gasteiger partial charge on any atom is 0.190 e. The Labute approximate surface area is 293 Å². The summed E-state index contributed by atoms with van der Waals surface area (Å²) in [6.07, 6.45) is -1.08. The molecule has 3 N–H and O–H groups in total. The second kappa shape index (κ2) is 20.4. The van der Waals surface area contributed by atoms with Crippen molar-refractivity contribution in [2.75, 3.05) is 40.4 Å². The van der Waals surface area contributed by atoms with E-state index < -0.39 is 30.4 Å². The van der Waals surface area contributed by atoms with E-state index >= 15 is 0 Å². The van der Waals surface area contributed by atoms with E-state index in [1.54, 1.807) is 0 Å². The average molecular weight is 694 g/mol. The topological polar surface area (TPSA) is 92.7 Å². The van der Waals surface area contributed by atoms with Gasteiger partial charge in [0.2, 0.25) is 0 Å². The molecular weight excluding hydrogens is 639 g/mol. The quantitative estimate of drug-likeness (QED) is 0.179. The molecule has 5 rings (SSSR count). The number of ether oxygens (including phenoxy) is 4. The van der Waals surface area contributed by atoms with Gasteiger partial charge in [-0.1, -0.05) is 91.0 Å². The van der Waals surface area contributed by atoms with Crippen LogP contribution in [-0.4, -0.2) is 92.0 Å². The minimum atomic E-state index is -1.01. The zero-order valence-electron chi connectivity index (χ0n) is 28.2. The van der Waals surface area contributed by atoms with Crippen molar-refractivity contribution in [1.82, 2.24) is 10.2 Å². The van der Waals surface area contributed by atoms with Gasteiger partial charge in [-0.3, -0.25) is 0 Å². The number of rotatable bonds is 14. The van der Waals surface area contributed by atoms with E-state index in [-0.39, 0.29) is 37.5 Å². The maximum absolute atomic E-state index is 9.88. The zero-order chi connectivity index (χ0) is 32.2. The number of fused-ring (bicyclic) bond motifs is 1. The number of hydrogen-bond donors (Lipinski definition) is 3. The molecule has 3 aromatic carbocycles. The number of halogens is 2. The fraction of sp³-hybridized carbons (Fsp3) is 0.514. The van der Waals surface area contributed by atoms with Crippen LogP contribution in [0.15, 0.2) is 91.0 Å². The first-order valence-corrected chi connectivity index (χ1v) is 16.1. The first-order valence-electron chi connectivity index (χ1n) is 16.1. The molecule has 0 aromatic heterocycles. The monoisotopic (exact) mass is 692 g/mol. The van der Waals surface area contributed by atoms with E-state index in [2.05, 4.69) is 108 Å². The van der Waals surface area contributed by atoms with Gasteiger partial charge in [-0.2, -0.15) is 0 Å². The zero-order valence-corrected chi connectivity index (χ0v) is 29.9.